The molecule has 0 unspecified atom stereocenters. The van der Waals surface area contributed by atoms with Gasteiger partial charge in [0.25, 0.3) is 0 Å². The van der Waals surface area contributed by atoms with E-state index < -0.39 is 10.7 Å². The molecule has 16 heavy (non-hydrogen) atoms. The van der Waals surface area contributed by atoms with Gasteiger partial charge in [-0.05, 0) is 25.0 Å². The van der Waals surface area contributed by atoms with Gasteiger partial charge in [0.2, 0.25) is 0 Å². The van der Waals surface area contributed by atoms with Crippen molar-refractivity contribution >= 4 is 29.3 Å². The van der Waals surface area contributed by atoms with Gasteiger partial charge in [-0.3, -0.25) is 4.79 Å². The summed E-state index contributed by atoms with van der Waals surface area (Å²) in [6, 6.07) is 7.34. The standard InChI is InChI=1S/C12H11ClO2S/c13-9-5-1-2-6-10(9)16-12(11(14)15)7-3-4-8-12/h1-6H,7-8H2,(H,14,15). The lowest BCUT2D eigenvalue weighted by Gasteiger charge is -2.23. The lowest BCUT2D eigenvalue weighted by Crippen LogP contribution is -2.31. The van der Waals surface area contributed by atoms with Crippen LogP contribution in [0.3, 0.4) is 0 Å². The first-order valence-corrected chi connectivity index (χ1v) is 6.15. The molecule has 0 aromatic heterocycles. The van der Waals surface area contributed by atoms with E-state index in [4.69, 9.17) is 11.6 Å². The molecular weight excluding hydrogens is 244 g/mol. The molecule has 0 amide bonds. The zero-order valence-electron chi connectivity index (χ0n) is 8.52. The second kappa shape index (κ2) is 4.52. The van der Waals surface area contributed by atoms with E-state index in [2.05, 4.69) is 0 Å². The number of carbonyl (C=O) groups is 1. The molecule has 0 spiro atoms. The fraction of sp³-hybridized carbons (Fsp3) is 0.250. The molecular formula is C12H11ClO2S. The predicted octanol–water partition coefficient (Wildman–Crippen LogP) is 3.61. The summed E-state index contributed by atoms with van der Waals surface area (Å²) in [4.78, 5) is 12.2. The van der Waals surface area contributed by atoms with Crippen molar-refractivity contribution < 1.29 is 9.90 Å². The summed E-state index contributed by atoms with van der Waals surface area (Å²) in [5.74, 6) is -0.776. The Balaban J connectivity index is 2.26. The van der Waals surface area contributed by atoms with E-state index in [0.29, 0.717) is 17.9 Å². The Morgan fingerprint density at radius 3 is 2.50 bits per heavy atom. The number of allylic oxidation sites excluding steroid dienone is 2. The lowest BCUT2D eigenvalue weighted by molar-refractivity contribution is -0.139. The van der Waals surface area contributed by atoms with Crippen LogP contribution in [0.1, 0.15) is 12.8 Å². The third-order valence-electron chi connectivity index (χ3n) is 2.59. The molecule has 0 fully saturated rings. The van der Waals surface area contributed by atoms with Crippen LogP contribution < -0.4 is 0 Å². The summed E-state index contributed by atoms with van der Waals surface area (Å²) >= 11 is 7.37. The van der Waals surface area contributed by atoms with Crippen molar-refractivity contribution in [1.29, 1.82) is 0 Å². The van der Waals surface area contributed by atoms with Crippen molar-refractivity contribution in [2.45, 2.75) is 22.5 Å². The molecule has 0 saturated heterocycles. The van der Waals surface area contributed by atoms with Crippen LogP contribution in [0.15, 0.2) is 41.3 Å². The molecule has 1 aliphatic rings. The number of aliphatic carboxylic acids is 1. The van der Waals surface area contributed by atoms with Gasteiger partial charge in [0, 0.05) is 4.90 Å². The first-order valence-electron chi connectivity index (χ1n) is 4.96. The fourth-order valence-electron chi connectivity index (χ4n) is 1.67. The van der Waals surface area contributed by atoms with Crippen LogP contribution in [0, 0.1) is 0 Å². The van der Waals surface area contributed by atoms with E-state index in [1.165, 1.54) is 11.8 Å². The number of hydrogen-bond acceptors (Lipinski definition) is 2. The largest absolute Gasteiger partial charge is 0.480 e. The Morgan fingerprint density at radius 1 is 1.31 bits per heavy atom. The van der Waals surface area contributed by atoms with Crippen molar-refractivity contribution in [3.05, 3.63) is 41.4 Å². The van der Waals surface area contributed by atoms with Crippen molar-refractivity contribution in [2.75, 3.05) is 0 Å². The Morgan fingerprint density at radius 2 is 1.94 bits per heavy atom. The van der Waals surface area contributed by atoms with Gasteiger partial charge in [0.15, 0.2) is 0 Å². The monoisotopic (exact) mass is 254 g/mol. The summed E-state index contributed by atoms with van der Waals surface area (Å²) < 4.78 is -0.773. The van der Waals surface area contributed by atoms with Crippen molar-refractivity contribution in [3.63, 3.8) is 0 Å². The van der Waals surface area contributed by atoms with Gasteiger partial charge >= 0.3 is 5.97 Å². The van der Waals surface area contributed by atoms with Crippen LogP contribution >= 0.6 is 23.4 Å². The maximum atomic E-state index is 11.3. The quantitative estimate of drug-likeness (QED) is 0.838. The van der Waals surface area contributed by atoms with Crippen molar-refractivity contribution in [3.8, 4) is 0 Å². The van der Waals surface area contributed by atoms with Crippen LogP contribution in [-0.2, 0) is 4.79 Å². The maximum Gasteiger partial charge on any atom is 0.320 e. The zero-order chi connectivity index (χ0) is 11.6. The van der Waals surface area contributed by atoms with Gasteiger partial charge in [-0.2, -0.15) is 0 Å². The van der Waals surface area contributed by atoms with Crippen LogP contribution in [-0.4, -0.2) is 15.8 Å². The first-order chi connectivity index (χ1) is 7.64. The molecule has 0 heterocycles. The van der Waals surface area contributed by atoms with E-state index in [0.717, 1.165) is 4.90 Å². The highest BCUT2D eigenvalue weighted by molar-refractivity contribution is 8.01. The highest BCUT2D eigenvalue weighted by Crippen LogP contribution is 2.44. The van der Waals surface area contributed by atoms with Gasteiger partial charge < -0.3 is 5.11 Å². The number of carboxylic acid groups (broad SMARTS) is 1. The average Bonchev–Trinajstić information content (AvgIpc) is 2.71. The fourth-order valence-corrected chi connectivity index (χ4v) is 3.10. The van der Waals surface area contributed by atoms with E-state index in [-0.39, 0.29) is 0 Å². The van der Waals surface area contributed by atoms with E-state index in [1.54, 1.807) is 6.07 Å². The molecule has 0 bridgehead atoms. The highest BCUT2D eigenvalue weighted by Gasteiger charge is 2.40. The minimum Gasteiger partial charge on any atom is -0.480 e. The second-order valence-electron chi connectivity index (χ2n) is 3.71. The average molecular weight is 255 g/mol. The molecule has 0 aliphatic heterocycles. The number of benzene rings is 1. The molecule has 2 rings (SSSR count). The van der Waals surface area contributed by atoms with E-state index >= 15 is 0 Å². The predicted molar refractivity (Wildman–Crippen MR) is 66.0 cm³/mol. The number of hydrogen-bond donors (Lipinski definition) is 1. The Kier molecular flexibility index (Phi) is 3.26. The second-order valence-corrected chi connectivity index (χ2v) is 5.54. The molecule has 84 valence electrons. The van der Waals surface area contributed by atoms with Crippen LogP contribution in [0.4, 0.5) is 0 Å². The van der Waals surface area contributed by atoms with Crippen molar-refractivity contribution in [1.82, 2.24) is 0 Å². The van der Waals surface area contributed by atoms with Gasteiger partial charge in [0.05, 0.1) is 5.02 Å². The Labute approximate surface area is 103 Å². The van der Waals surface area contributed by atoms with E-state index in [1.807, 2.05) is 30.4 Å². The minimum absolute atomic E-state index is 0.554. The van der Waals surface area contributed by atoms with Gasteiger partial charge in [0.1, 0.15) is 4.75 Å². The van der Waals surface area contributed by atoms with Gasteiger partial charge in [-0.15, -0.1) is 11.8 Å². The number of carboxylic acids is 1. The third kappa shape index (κ3) is 2.11. The van der Waals surface area contributed by atoms with Crippen molar-refractivity contribution in [2.24, 2.45) is 0 Å². The Hall–Kier alpha value is -0.930. The molecule has 0 atom stereocenters. The molecule has 2 nitrogen and oxygen atoms in total. The summed E-state index contributed by atoms with van der Waals surface area (Å²) in [5.41, 5.74) is 0. The summed E-state index contributed by atoms with van der Waals surface area (Å²) in [5, 5.41) is 9.92. The SMILES string of the molecule is O=C(O)C1(Sc2ccccc2Cl)CC=CC1. The molecule has 1 aliphatic carbocycles. The normalized spacial score (nSPS) is 17.6. The molecule has 0 radical (unpaired) electrons. The maximum absolute atomic E-state index is 11.3. The smallest absolute Gasteiger partial charge is 0.320 e. The first kappa shape index (κ1) is 11.6. The number of rotatable bonds is 3. The molecule has 1 aromatic rings. The minimum atomic E-state index is -0.776. The van der Waals surface area contributed by atoms with Crippen LogP contribution in [0.2, 0.25) is 5.02 Å². The van der Waals surface area contributed by atoms with Crippen LogP contribution in [0.25, 0.3) is 0 Å². The molecule has 4 heteroatoms. The molecule has 0 saturated carbocycles. The number of halogens is 1. The topological polar surface area (TPSA) is 37.3 Å². The van der Waals surface area contributed by atoms with Crippen LogP contribution in [0.5, 0.6) is 0 Å². The Bertz CT molecular complexity index is 434. The summed E-state index contributed by atoms with van der Waals surface area (Å²) in [7, 11) is 0. The third-order valence-corrected chi connectivity index (χ3v) is 4.51. The summed E-state index contributed by atoms with van der Waals surface area (Å²) in [6.07, 6.45) is 4.94. The van der Waals surface area contributed by atoms with E-state index in [9.17, 15) is 9.90 Å². The number of thioether (sulfide) groups is 1. The van der Waals surface area contributed by atoms with Gasteiger partial charge in [-0.25, -0.2) is 0 Å². The summed E-state index contributed by atoms with van der Waals surface area (Å²) in [6.45, 7) is 0. The molecule has 1 N–H and O–H groups in total. The lowest BCUT2D eigenvalue weighted by atomic mass is 10.1. The zero-order valence-corrected chi connectivity index (χ0v) is 10.1. The highest BCUT2D eigenvalue weighted by atomic mass is 35.5. The van der Waals surface area contributed by atoms with Gasteiger partial charge in [-0.1, -0.05) is 35.9 Å². The molecule has 1 aromatic carbocycles.